The maximum absolute atomic E-state index is 13.0. The molecule has 4 nitrogen and oxygen atoms in total. The Balaban J connectivity index is 1.33. The predicted octanol–water partition coefficient (Wildman–Crippen LogP) is 1.12. The molecule has 1 N–H and O–H groups in total. The molecule has 2 heterocycles. The fourth-order valence-corrected chi connectivity index (χ4v) is 3.82. The highest BCUT2D eigenvalue weighted by Crippen LogP contribution is 2.27. The van der Waals surface area contributed by atoms with Crippen molar-refractivity contribution in [3.8, 4) is 0 Å². The van der Waals surface area contributed by atoms with Crippen molar-refractivity contribution >= 4 is 17.3 Å². The number of carbonyl (C=O) groups excluding carboxylic acids is 1. The normalized spacial score (nSPS) is 17.6. The maximum atomic E-state index is 13.0. The molecule has 2 aliphatic rings. The van der Waals surface area contributed by atoms with E-state index in [1.807, 2.05) is 35.2 Å². The van der Waals surface area contributed by atoms with Gasteiger partial charge in [-0.15, -0.1) is 0 Å². The Morgan fingerprint density at radius 2 is 1.72 bits per heavy atom. The average molecular weight is 340 g/mol. The first kappa shape index (κ1) is 16.1. The number of para-hydroxylation sites is 1. The Morgan fingerprint density at radius 3 is 2.48 bits per heavy atom. The van der Waals surface area contributed by atoms with Crippen LogP contribution in [0.2, 0.25) is 0 Å². The number of piperazine rings is 1. The summed E-state index contributed by atoms with van der Waals surface area (Å²) < 4.78 is 13.0. The van der Waals surface area contributed by atoms with Crippen LogP contribution in [0.3, 0.4) is 0 Å². The van der Waals surface area contributed by atoms with Gasteiger partial charge in [0.1, 0.15) is 5.82 Å². The Labute approximate surface area is 147 Å². The molecule has 25 heavy (non-hydrogen) atoms. The minimum absolute atomic E-state index is 0.204. The van der Waals surface area contributed by atoms with Crippen LogP contribution in [-0.2, 0) is 11.2 Å². The number of carbonyl (C=O) groups is 1. The van der Waals surface area contributed by atoms with Gasteiger partial charge in [-0.3, -0.25) is 4.79 Å². The van der Waals surface area contributed by atoms with E-state index in [9.17, 15) is 9.18 Å². The van der Waals surface area contributed by atoms with Crippen LogP contribution in [0.5, 0.6) is 0 Å². The summed E-state index contributed by atoms with van der Waals surface area (Å²) in [5.41, 5.74) is 3.41. The first-order chi connectivity index (χ1) is 12.2. The van der Waals surface area contributed by atoms with E-state index in [0.717, 1.165) is 50.5 Å². The van der Waals surface area contributed by atoms with Gasteiger partial charge in [-0.05, 0) is 42.3 Å². The van der Waals surface area contributed by atoms with Crippen molar-refractivity contribution < 1.29 is 14.1 Å². The third-order valence-electron chi connectivity index (χ3n) is 5.25. The molecule has 0 spiro atoms. The quantitative estimate of drug-likeness (QED) is 0.907. The summed E-state index contributed by atoms with van der Waals surface area (Å²) in [4.78, 5) is 18.2. The second kappa shape index (κ2) is 6.84. The second-order valence-corrected chi connectivity index (χ2v) is 6.81. The van der Waals surface area contributed by atoms with E-state index < -0.39 is 0 Å². The second-order valence-electron chi connectivity index (χ2n) is 6.81. The van der Waals surface area contributed by atoms with Crippen LogP contribution >= 0.6 is 0 Å². The number of quaternary nitrogens is 1. The monoisotopic (exact) mass is 340 g/mol. The van der Waals surface area contributed by atoms with Gasteiger partial charge in [-0.25, -0.2) is 4.39 Å². The van der Waals surface area contributed by atoms with E-state index in [2.05, 4.69) is 11.0 Å². The molecule has 0 aromatic heterocycles. The van der Waals surface area contributed by atoms with Gasteiger partial charge < -0.3 is 14.7 Å². The summed E-state index contributed by atoms with van der Waals surface area (Å²) in [6.45, 7) is 4.99. The zero-order valence-corrected chi connectivity index (χ0v) is 14.2. The molecule has 1 fully saturated rings. The minimum Gasteiger partial charge on any atom is -0.360 e. The lowest BCUT2D eigenvalue weighted by Gasteiger charge is -2.34. The van der Waals surface area contributed by atoms with E-state index in [1.165, 1.54) is 22.6 Å². The molecule has 0 radical (unpaired) electrons. The molecule has 0 aliphatic carbocycles. The first-order valence-corrected chi connectivity index (χ1v) is 8.93. The standard InChI is InChI=1S/C20H22FN3O/c21-17-5-7-18(8-6-17)23-13-11-22(12-14-23)15-20(25)24-10-9-16-3-1-2-4-19(16)24/h1-8H,9-15H2/p+1. The zero-order chi connectivity index (χ0) is 17.2. The first-order valence-electron chi connectivity index (χ1n) is 8.93. The van der Waals surface area contributed by atoms with Crippen LogP contribution in [0, 0.1) is 5.82 Å². The van der Waals surface area contributed by atoms with Crippen molar-refractivity contribution in [3.05, 3.63) is 59.9 Å². The predicted molar refractivity (Wildman–Crippen MR) is 96.7 cm³/mol. The Kier molecular flexibility index (Phi) is 4.40. The lowest BCUT2D eigenvalue weighted by molar-refractivity contribution is -0.892. The van der Waals surface area contributed by atoms with Gasteiger partial charge in [-0.2, -0.15) is 0 Å². The Hall–Kier alpha value is -2.40. The van der Waals surface area contributed by atoms with Gasteiger partial charge in [0, 0.05) is 17.9 Å². The van der Waals surface area contributed by atoms with Gasteiger partial charge in [0.05, 0.1) is 26.2 Å². The molecule has 1 saturated heterocycles. The molecule has 0 bridgehead atoms. The van der Waals surface area contributed by atoms with Gasteiger partial charge >= 0.3 is 0 Å². The third-order valence-corrected chi connectivity index (χ3v) is 5.25. The SMILES string of the molecule is O=C(C[NH+]1CCN(c2ccc(F)cc2)CC1)N1CCc2ccccc21. The fraction of sp³-hybridized carbons (Fsp3) is 0.350. The molecule has 1 amide bonds. The van der Waals surface area contributed by atoms with Crippen LogP contribution in [0.15, 0.2) is 48.5 Å². The molecule has 130 valence electrons. The highest BCUT2D eigenvalue weighted by molar-refractivity contribution is 5.96. The lowest BCUT2D eigenvalue weighted by Crippen LogP contribution is -3.16. The molecule has 2 aromatic rings. The summed E-state index contributed by atoms with van der Waals surface area (Å²) in [5.74, 6) is 0.0136. The summed E-state index contributed by atoms with van der Waals surface area (Å²) in [6.07, 6.45) is 0.954. The van der Waals surface area contributed by atoms with Crippen molar-refractivity contribution in [1.82, 2.24) is 0 Å². The zero-order valence-electron chi connectivity index (χ0n) is 14.2. The van der Waals surface area contributed by atoms with Crippen molar-refractivity contribution in [1.29, 1.82) is 0 Å². The van der Waals surface area contributed by atoms with Gasteiger partial charge in [0.2, 0.25) is 0 Å². The number of rotatable bonds is 3. The van der Waals surface area contributed by atoms with E-state index in [1.54, 1.807) is 0 Å². The summed E-state index contributed by atoms with van der Waals surface area (Å²) in [7, 11) is 0. The number of hydrogen-bond acceptors (Lipinski definition) is 2. The Bertz CT molecular complexity index is 754. The van der Waals surface area contributed by atoms with Crippen molar-refractivity contribution in [2.45, 2.75) is 6.42 Å². The van der Waals surface area contributed by atoms with Gasteiger partial charge in [-0.1, -0.05) is 18.2 Å². The van der Waals surface area contributed by atoms with Crippen LogP contribution in [0.25, 0.3) is 0 Å². The number of benzene rings is 2. The van der Waals surface area contributed by atoms with Crippen LogP contribution in [0.4, 0.5) is 15.8 Å². The van der Waals surface area contributed by atoms with Crippen LogP contribution in [-0.4, -0.2) is 45.2 Å². The molecule has 2 aromatic carbocycles. The van der Waals surface area contributed by atoms with Crippen LogP contribution < -0.4 is 14.7 Å². The number of halogens is 1. The highest BCUT2D eigenvalue weighted by Gasteiger charge is 2.29. The summed E-state index contributed by atoms with van der Waals surface area (Å²) >= 11 is 0. The van der Waals surface area contributed by atoms with Gasteiger partial charge in [0.15, 0.2) is 6.54 Å². The third kappa shape index (κ3) is 3.37. The molecule has 2 aliphatic heterocycles. The highest BCUT2D eigenvalue weighted by atomic mass is 19.1. The van der Waals surface area contributed by atoms with Crippen molar-refractivity contribution in [2.24, 2.45) is 0 Å². The molecule has 4 rings (SSSR count). The van der Waals surface area contributed by atoms with E-state index >= 15 is 0 Å². The van der Waals surface area contributed by atoms with E-state index in [4.69, 9.17) is 0 Å². The lowest BCUT2D eigenvalue weighted by atomic mass is 10.2. The fourth-order valence-electron chi connectivity index (χ4n) is 3.82. The average Bonchev–Trinajstić information content (AvgIpc) is 3.07. The van der Waals surface area contributed by atoms with Crippen LogP contribution in [0.1, 0.15) is 5.56 Å². The number of nitrogens with zero attached hydrogens (tertiary/aromatic N) is 2. The number of fused-ring (bicyclic) bond motifs is 1. The van der Waals surface area contributed by atoms with Gasteiger partial charge in [0.25, 0.3) is 5.91 Å². The molecular formula is C20H23FN3O+. The number of amides is 1. The summed E-state index contributed by atoms with van der Waals surface area (Å²) in [5, 5.41) is 0. The maximum Gasteiger partial charge on any atom is 0.282 e. The Morgan fingerprint density at radius 1 is 1.00 bits per heavy atom. The molecule has 0 saturated carbocycles. The van der Waals surface area contributed by atoms with E-state index in [-0.39, 0.29) is 11.7 Å². The van der Waals surface area contributed by atoms with Crippen molar-refractivity contribution in [3.63, 3.8) is 0 Å². The molecule has 0 unspecified atom stereocenters. The smallest absolute Gasteiger partial charge is 0.282 e. The topological polar surface area (TPSA) is 28.0 Å². The number of hydrogen-bond donors (Lipinski definition) is 1. The molecule has 0 atom stereocenters. The van der Waals surface area contributed by atoms with Crippen molar-refractivity contribution in [2.75, 3.05) is 49.1 Å². The minimum atomic E-state index is -0.204. The molecular weight excluding hydrogens is 317 g/mol. The summed E-state index contributed by atoms with van der Waals surface area (Å²) in [6, 6.07) is 14.8. The number of anilines is 2. The van der Waals surface area contributed by atoms with E-state index in [0.29, 0.717) is 6.54 Å². The molecule has 5 heteroatoms. The largest absolute Gasteiger partial charge is 0.360 e. The number of nitrogens with one attached hydrogen (secondary N) is 1.